The first-order chi connectivity index (χ1) is 9.74. The molecule has 100 valence electrons. The van der Waals surface area contributed by atoms with Gasteiger partial charge < -0.3 is 5.32 Å². The van der Waals surface area contributed by atoms with Crippen molar-refractivity contribution in [3.05, 3.63) is 57.7 Å². The summed E-state index contributed by atoms with van der Waals surface area (Å²) in [5, 5.41) is 8.77. The summed E-state index contributed by atoms with van der Waals surface area (Å²) in [7, 11) is 0. The molecule has 0 aliphatic carbocycles. The summed E-state index contributed by atoms with van der Waals surface area (Å²) < 4.78 is 2.53. The number of halogens is 1. The highest BCUT2D eigenvalue weighted by atomic mass is 79.9. The molecule has 0 atom stereocenters. The fourth-order valence-electron chi connectivity index (χ4n) is 1.74. The van der Waals surface area contributed by atoms with Crippen LogP contribution in [0.4, 0.5) is 5.69 Å². The zero-order valence-corrected chi connectivity index (χ0v) is 12.6. The Balaban J connectivity index is 1.90. The summed E-state index contributed by atoms with van der Waals surface area (Å²) in [5.41, 5.74) is 2.08. The standard InChI is InChI=1S/C13H9BrN4OS/c14-12-5-9(6-20-12)13(19)17-10-3-1-2-4-11(10)18-8-15-7-16-18/h1-8H,(H,17,19). The largest absolute Gasteiger partial charge is 0.320 e. The van der Waals surface area contributed by atoms with Gasteiger partial charge in [0.1, 0.15) is 12.7 Å². The number of para-hydroxylation sites is 2. The molecule has 7 heteroatoms. The second-order valence-corrected chi connectivity index (χ2v) is 6.24. The Morgan fingerprint density at radius 2 is 2.20 bits per heavy atom. The molecule has 0 unspecified atom stereocenters. The number of nitrogens with one attached hydrogen (secondary N) is 1. The number of benzene rings is 1. The smallest absolute Gasteiger partial charge is 0.256 e. The van der Waals surface area contributed by atoms with Crippen molar-refractivity contribution < 1.29 is 4.79 Å². The molecule has 0 radical (unpaired) electrons. The van der Waals surface area contributed by atoms with Crippen molar-refractivity contribution in [1.82, 2.24) is 14.8 Å². The van der Waals surface area contributed by atoms with E-state index in [0.29, 0.717) is 11.3 Å². The van der Waals surface area contributed by atoms with E-state index < -0.39 is 0 Å². The molecule has 1 N–H and O–H groups in total. The molecule has 2 heterocycles. The number of carbonyl (C=O) groups is 1. The van der Waals surface area contributed by atoms with E-state index in [1.807, 2.05) is 24.3 Å². The molecule has 0 fully saturated rings. The van der Waals surface area contributed by atoms with Crippen molar-refractivity contribution in [2.75, 3.05) is 5.32 Å². The van der Waals surface area contributed by atoms with Crippen molar-refractivity contribution in [2.24, 2.45) is 0 Å². The van der Waals surface area contributed by atoms with Crippen molar-refractivity contribution in [3.63, 3.8) is 0 Å². The number of aromatic nitrogens is 3. The Morgan fingerprint density at radius 3 is 2.90 bits per heavy atom. The van der Waals surface area contributed by atoms with Gasteiger partial charge in [0.2, 0.25) is 0 Å². The zero-order chi connectivity index (χ0) is 13.9. The third-order valence-corrected chi connectivity index (χ3v) is 4.15. The minimum Gasteiger partial charge on any atom is -0.320 e. The van der Waals surface area contributed by atoms with Crippen LogP contribution in [0.25, 0.3) is 5.69 Å². The van der Waals surface area contributed by atoms with E-state index in [1.54, 1.807) is 22.5 Å². The van der Waals surface area contributed by atoms with Gasteiger partial charge in [-0.3, -0.25) is 4.79 Å². The van der Waals surface area contributed by atoms with Crippen molar-refractivity contribution in [1.29, 1.82) is 0 Å². The summed E-state index contributed by atoms with van der Waals surface area (Å²) in [6.45, 7) is 0. The number of hydrogen-bond acceptors (Lipinski definition) is 4. The van der Waals surface area contributed by atoms with E-state index in [-0.39, 0.29) is 5.91 Å². The van der Waals surface area contributed by atoms with Gasteiger partial charge in [0.25, 0.3) is 5.91 Å². The van der Waals surface area contributed by atoms with Crippen LogP contribution in [0.1, 0.15) is 10.4 Å². The van der Waals surface area contributed by atoms with Crippen LogP contribution in [0.5, 0.6) is 0 Å². The van der Waals surface area contributed by atoms with Crippen molar-refractivity contribution in [3.8, 4) is 5.69 Å². The third-order valence-electron chi connectivity index (χ3n) is 2.65. The first kappa shape index (κ1) is 13.0. The monoisotopic (exact) mass is 348 g/mol. The average Bonchev–Trinajstić information content (AvgIpc) is 3.10. The summed E-state index contributed by atoms with van der Waals surface area (Å²) in [5.74, 6) is -0.153. The van der Waals surface area contributed by atoms with Gasteiger partial charge in [-0.2, -0.15) is 5.10 Å². The van der Waals surface area contributed by atoms with Crippen LogP contribution < -0.4 is 5.32 Å². The Labute approximate surface area is 127 Å². The van der Waals surface area contributed by atoms with Crippen LogP contribution in [0.15, 0.2) is 52.2 Å². The van der Waals surface area contributed by atoms with Gasteiger partial charge in [0.05, 0.1) is 20.7 Å². The number of thiophene rings is 1. The lowest BCUT2D eigenvalue weighted by molar-refractivity contribution is 0.102. The van der Waals surface area contributed by atoms with E-state index in [4.69, 9.17) is 0 Å². The van der Waals surface area contributed by atoms with Crippen LogP contribution in [-0.4, -0.2) is 20.7 Å². The van der Waals surface area contributed by atoms with E-state index in [1.165, 1.54) is 17.7 Å². The number of rotatable bonds is 3. The predicted molar refractivity (Wildman–Crippen MR) is 81.3 cm³/mol. The first-order valence-electron chi connectivity index (χ1n) is 5.73. The molecule has 0 saturated heterocycles. The molecule has 0 bridgehead atoms. The normalized spacial score (nSPS) is 10.4. The molecular weight excluding hydrogens is 340 g/mol. The van der Waals surface area contributed by atoms with Crippen LogP contribution in [0.3, 0.4) is 0 Å². The predicted octanol–water partition coefficient (Wildman–Crippen LogP) is 3.34. The molecule has 3 aromatic rings. The maximum Gasteiger partial charge on any atom is 0.256 e. The van der Waals surface area contributed by atoms with E-state index in [2.05, 4.69) is 31.3 Å². The molecule has 3 rings (SSSR count). The number of carbonyl (C=O) groups excluding carboxylic acids is 1. The number of anilines is 1. The lowest BCUT2D eigenvalue weighted by Crippen LogP contribution is -2.13. The molecule has 0 spiro atoms. The average molecular weight is 349 g/mol. The molecule has 0 saturated carbocycles. The van der Waals surface area contributed by atoms with Crippen LogP contribution >= 0.6 is 27.3 Å². The van der Waals surface area contributed by atoms with Gasteiger partial charge in [-0.05, 0) is 34.1 Å². The fourth-order valence-corrected chi connectivity index (χ4v) is 2.87. The highest BCUT2D eigenvalue weighted by Crippen LogP contribution is 2.23. The Morgan fingerprint density at radius 1 is 1.35 bits per heavy atom. The van der Waals surface area contributed by atoms with E-state index in [9.17, 15) is 4.79 Å². The minimum absolute atomic E-state index is 0.153. The molecule has 0 aliphatic rings. The van der Waals surface area contributed by atoms with Gasteiger partial charge in [-0.1, -0.05) is 12.1 Å². The lowest BCUT2D eigenvalue weighted by atomic mass is 10.2. The molecule has 1 amide bonds. The highest BCUT2D eigenvalue weighted by Gasteiger charge is 2.11. The quantitative estimate of drug-likeness (QED) is 0.789. The van der Waals surface area contributed by atoms with Crippen molar-refractivity contribution in [2.45, 2.75) is 0 Å². The molecule has 0 aliphatic heterocycles. The second-order valence-electron chi connectivity index (χ2n) is 3.95. The first-order valence-corrected chi connectivity index (χ1v) is 7.41. The zero-order valence-electron chi connectivity index (χ0n) is 10.2. The fraction of sp³-hybridized carbons (Fsp3) is 0. The summed E-state index contributed by atoms with van der Waals surface area (Å²) in [4.78, 5) is 16.1. The molecular formula is C13H9BrN4OS. The maximum absolute atomic E-state index is 12.2. The number of nitrogens with zero attached hydrogens (tertiary/aromatic N) is 3. The SMILES string of the molecule is O=C(Nc1ccccc1-n1cncn1)c1csc(Br)c1. The van der Waals surface area contributed by atoms with Crippen LogP contribution in [0.2, 0.25) is 0 Å². The molecule has 2 aromatic heterocycles. The van der Waals surface area contributed by atoms with Crippen LogP contribution in [-0.2, 0) is 0 Å². The topological polar surface area (TPSA) is 59.8 Å². The third kappa shape index (κ3) is 2.63. The van der Waals surface area contributed by atoms with Crippen molar-refractivity contribution >= 4 is 38.9 Å². The molecule has 5 nitrogen and oxygen atoms in total. The minimum atomic E-state index is -0.153. The Hall–Kier alpha value is -1.99. The van der Waals surface area contributed by atoms with Gasteiger partial charge in [-0.15, -0.1) is 11.3 Å². The van der Waals surface area contributed by atoms with Gasteiger partial charge in [0, 0.05) is 5.38 Å². The van der Waals surface area contributed by atoms with E-state index >= 15 is 0 Å². The van der Waals surface area contributed by atoms with Gasteiger partial charge >= 0.3 is 0 Å². The van der Waals surface area contributed by atoms with Crippen LogP contribution in [0, 0.1) is 0 Å². The van der Waals surface area contributed by atoms with Gasteiger partial charge in [0.15, 0.2) is 0 Å². The van der Waals surface area contributed by atoms with E-state index in [0.717, 1.165) is 9.47 Å². The summed E-state index contributed by atoms with van der Waals surface area (Å²) in [6.07, 6.45) is 3.04. The lowest BCUT2D eigenvalue weighted by Gasteiger charge is -2.09. The Bertz CT molecular complexity index is 738. The Kier molecular flexibility index (Phi) is 3.62. The summed E-state index contributed by atoms with van der Waals surface area (Å²) >= 11 is 4.82. The second kappa shape index (κ2) is 5.56. The summed E-state index contributed by atoms with van der Waals surface area (Å²) in [6, 6.07) is 9.23. The highest BCUT2D eigenvalue weighted by molar-refractivity contribution is 9.11. The molecule has 20 heavy (non-hydrogen) atoms. The molecule has 1 aromatic carbocycles. The van der Waals surface area contributed by atoms with Gasteiger partial charge in [-0.25, -0.2) is 9.67 Å². The number of hydrogen-bond donors (Lipinski definition) is 1. The maximum atomic E-state index is 12.2. The number of amides is 1.